The van der Waals surface area contributed by atoms with E-state index in [0.717, 1.165) is 11.1 Å². The monoisotopic (exact) mass is 212 g/mol. The van der Waals surface area contributed by atoms with E-state index in [4.69, 9.17) is 4.55 Å². The normalized spacial score (nSPS) is 11.2. The van der Waals surface area contributed by atoms with Gasteiger partial charge in [-0.3, -0.25) is 4.55 Å². The van der Waals surface area contributed by atoms with Crippen molar-refractivity contribution >= 4 is 16.2 Å². The van der Waals surface area contributed by atoms with Crippen molar-refractivity contribution in [2.45, 2.75) is 6.42 Å². The van der Waals surface area contributed by atoms with Gasteiger partial charge in [-0.2, -0.15) is 8.42 Å². The standard InChI is InChI=1S/C10H12O3S/c1-2-9-5-3-4-6-10(9)7-8-14(11,12)13/h2-6H,1,7-8H2,(H,11,12,13). The summed E-state index contributed by atoms with van der Waals surface area (Å²) in [6.45, 7) is 3.62. The van der Waals surface area contributed by atoms with E-state index >= 15 is 0 Å². The van der Waals surface area contributed by atoms with E-state index in [1.54, 1.807) is 6.08 Å². The summed E-state index contributed by atoms with van der Waals surface area (Å²) in [5.41, 5.74) is 1.77. The first-order chi connectivity index (χ1) is 6.53. The van der Waals surface area contributed by atoms with Crippen LogP contribution in [0.1, 0.15) is 11.1 Å². The van der Waals surface area contributed by atoms with Crippen LogP contribution in [0.4, 0.5) is 0 Å². The molecular weight excluding hydrogens is 200 g/mol. The van der Waals surface area contributed by atoms with Gasteiger partial charge in [-0.25, -0.2) is 0 Å². The first-order valence-corrected chi connectivity index (χ1v) is 5.79. The van der Waals surface area contributed by atoms with Crippen LogP contribution < -0.4 is 0 Å². The topological polar surface area (TPSA) is 54.4 Å². The van der Waals surface area contributed by atoms with E-state index in [1.165, 1.54) is 0 Å². The highest BCUT2D eigenvalue weighted by Gasteiger charge is 2.06. The molecule has 0 unspecified atom stereocenters. The fourth-order valence-electron chi connectivity index (χ4n) is 1.20. The molecule has 0 bridgehead atoms. The summed E-state index contributed by atoms with van der Waals surface area (Å²) in [6.07, 6.45) is 1.97. The minimum absolute atomic E-state index is 0.252. The molecule has 0 fully saturated rings. The van der Waals surface area contributed by atoms with Gasteiger partial charge in [0.1, 0.15) is 0 Å². The quantitative estimate of drug-likeness (QED) is 0.774. The minimum Gasteiger partial charge on any atom is -0.286 e. The van der Waals surface area contributed by atoms with Crippen molar-refractivity contribution in [3.05, 3.63) is 42.0 Å². The van der Waals surface area contributed by atoms with E-state index in [-0.39, 0.29) is 5.75 Å². The van der Waals surface area contributed by atoms with Gasteiger partial charge in [0.2, 0.25) is 0 Å². The smallest absolute Gasteiger partial charge is 0.265 e. The highest BCUT2D eigenvalue weighted by molar-refractivity contribution is 7.85. The fraction of sp³-hybridized carbons (Fsp3) is 0.200. The van der Waals surface area contributed by atoms with Crippen LogP contribution in [-0.2, 0) is 16.5 Å². The third-order valence-corrected chi connectivity index (χ3v) is 2.62. The van der Waals surface area contributed by atoms with Crippen LogP contribution in [0.25, 0.3) is 6.08 Å². The molecule has 0 aliphatic heterocycles. The maximum absolute atomic E-state index is 10.5. The Kier molecular flexibility index (Phi) is 3.43. The number of hydrogen-bond donors (Lipinski definition) is 1. The molecule has 1 aromatic carbocycles. The number of aryl methyl sites for hydroxylation is 1. The Hall–Kier alpha value is -1.13. The van der Waals surface area contributed by atoms with Crippen molar-refractivity contribution in [2.24, 2.45) is 0 Å². The first-order valence-electron chi connectivity index (χ1n) is 4.18. The summed E-state index contributed by atoms with van der Waals surface area (Å²) in [7, 11) is -3.88. The van der Waals surface area contributed by atoms with Gasteiger partial charge in [0.25, 0.3) is 10.1 Å². The predicted octanol–water partition coefficient (Wildman–Crippen LogP) is 1.76. The zero-order valence-corrected chi connectivity index (χ0v) is 8.50. The predicted molar refractivity (Wildman–Crippen MR) is 56.7 cm³/mol. The highest BCUT2D eigenvalue weighted by Crippen LogP contribution is 2.11. The molecule has 3 nitrogen and oxygen atoms in total. The Bertz CT molecular complexity index is 421. The Morgan fingerprint density at radius 3 is 2.57 bits per heavy atom. The average Bonchev–Trinajstić information content (AvgIpc) is 2.14. The summed E-state index contributed by atoms with van der Waals surface area (Å²) in [5, 5.41) is 0. The van der Waals surface area contributed by atoms with E-state index in [9.17, 15) is 8.42 Å². The lowest BCUT2D eigenvalue weighted by Gasteiger charge is -2.03. The maximum Gasteiger partial charge on any atom is 0.265 e. The largest absolute Gasteiger partial charge is 0.286 e. The molecule has 0 aliphatic carbocycles. The van der Waals surface area contributed by atoms with Gasteiger partial charge in [-0.05, 0) is 17.5 Å². The van der Waals surface area contributed by atoms with Gasteiger partial charge >= 0.3 is 0 Å². The van der Waals surface area contributed by atoms with Crippen LogP contribution in [0.2, 0.25) is 0 Å². The van der Waals surface area contributed by atoms with E-state index in [1.807, 2.05) is 24.3 Å². The Morgan fingerprint density at radius 2 is 2.00 bits per heavy atom. The molecule has 0 spiro atoms. The molecule has 0 aromatic heterocycles. The average molecular weight is 212 g/mol. The molecule has 1 N–H and O–H groups in total. The van der Waals surface area contributed by atoms with E-state index in [2.05, 4.69) is 6.58 Å². The molecular formula is C10H12O3S. The molecule has 14 heavy (non-hydrogen) atoms. The van der Waals surface area contributed by atoms with Gasteiger partial charge in [0, 0.05) is 0 Å². The lowest BCUT2D eigenvalue weighted by atomic mass is 10.1. The Balaban J connectivity index is 2.81. The van der Waals surface area contributed by atoms with Crippen LogP contribution in [0.15, 0.2) is 30.8 Å². The summed E-state index contributed by atoms with van der Waals surface area (Å²) >= 11 is 0. The third-order valence-electron chi connectivity index (χ3n) is 1.90. The molecule has 0 saturated carbocycles. The van der Waals surface area contributed by atoms with Gasteiger partial charge in [-0.1, -0.05) is 36.9 Å². The molecule has 0 atom stereocenters. The van der Waals surface area contributed by atoms with Crippen LogP contribution in [0.3, 0.4) is 0 Å². The molecule has 0 saturated heterocycles. The zero-order valence-electron chi connectivity index (χ0n) is 7.68. The number of hydrogen-bond acceptors (Lipinski definition) is 2. The zero-order chi connectivity index (χ0) is 10.6. The third kappa shape index (κ3) is 3.32. The highest BCUT2D eigenvalue weighted by atomic mass is 32.2. The second-order valence-corrected chi connectivity index (χ2v) is 4.51. The van der Waals surface area contributed by atoms with E-state index < -0.39 is 10.1 Å². The van der Waals surface area contributed by atoms with Crippen LogP contribution in [-0.4, -0.2) is 18.7 Å². The molecule has 0 aliphatic rings. The van der Waals surface area contributed by atoms with Crippen LogP contribution in [0.5, 0.6) is 0 Å². The van der Waals surface area contributed by atoms with Gasteiger partial charge in [0.05, 0.1) is 5.75 Å². The van der Waals surface area contributed by atoms with Crippen molar-refractivity contribution in [2.75, 3.05) is 5.75 Å². The lowest BCUT2D eigenvalue weighted by molar-refractivity contribution is 0.482. The fourth-order valence-corrected chi connectivity index (χ4v) is 1.68. The molecule has 0 radical (unpaired) electrons. The van der Waals surface area contributed by atoms with Crippen molar-refractivity contribution < 1.29 is 13.0 Å². The maximum atomic E-state index is 10.5. The first kappa shape index (κ1) is 10.9. The van der Waals surface area contributed by atoms with Crippen molar-refractivity contribution in [3.63, 3.8) is 0 Å². The second-order valence-electron chi connectivity index (χ2n) is 2.94. The summed E-state index contributed by atoms with van der Waals surface area (Å²) in [5.74, 6) is -0.252. The number of benzene rings is 1. The Morgan fingerprint density at radius 1 is 1.36 bits per heavy atom. The number of rotatable bonds is 4. The molecule has 0 amide bonds. The second kappa shape index (κ2) is 4.39. The molecule has 1 aromatic rings. The van der Waals surface area contributed by atoms with Crippen molar-refractivity contribution in [3.8, 4) is 0 Å². The van der Waals surface area contributed by atoms with Gasteiger partial charge in [0.15, 0.2) is 0 Å². The molecule has 0 heterocycles. The van der Waals surface area contributed by atoms with Gasteiger partial charge < -0.3 is 0 Å². The summed E-state index contributed by atoms with van der Waals surface area (Å²) in [4.78, 5) is 0. The van der Waals surface area contributed by atoms with Crippen molar-refractivity contribution in [1.82, 2.24) is 0 Å². The molecule has 76 valence electrons. The molecule has 1 rings (SSSR count). The Labute approximate surface area is 83.8 Å². The van der Waals surface area contributed by atoms with E-state index in [0.29, 0.717) is 6.42 Å². The summed E-state index contributed by atoms with van der Waals surface area (Å²) in [6, 6.07) is 7.36. The molecule has 4 heteroatoms. The SMILES string of the molecule is C=Cc1ccccc1CCS(=O)(=O)O. The summed E-state index contributed by atoms with van der Waals surface area (Å²) < 4.78 is 29.7. The minimum atomic E-state index is -3.88. The lowest BCUT2D eigenvalue weighted by Crippen LogP contribution is -2.07. The van der Waals surface area contributed by atoms with Crippen LogP contribution >= 0.6 is 0 Å². The van der Waals surface area contributed by atoms with Gasteiger partial charge in [-0.15, -0.1) is 0 Å². The van der Waals surface area contributed by atoms with Crippen molar-refractivity contribution in [1.29, 1.82) is 0 Å². The van der Waals surface area contributed by atoms with Crippen LogP contribution in [0, 0.1) is 0 Å².